The van der Waals surface area contributed by atoms with Crippen LogP contribution in [0.5, 0.6) is 0 Å². The van der Waals surface area contributed by atoms with Crippen molar-refractivity contribution in [2.45, 2.75) is 31.7 Å². The lowest BCUT2D eigenvalue weighted by Gasteiger charge is -2.18. The fraction of sp³-hybridized carbons (Fsp3) is 0.500. The maximum atomic E-state index is 12.6. The first-order valence-corrected chi connectivity index (χ1v) is 5.40. The molecule has 0 aliphatic rings. The molecule has 114 valence electrons. The molecule has 10 heteroatoms. The summed E-state index contributed by atoms with van der Waals surface area (Å²) in [5.74, 6) is 4.33. The van der Waals surface area contributed by atoms with E-state index in [1.165, 1.54) is 6.92 Å². The van der Waals surface area contributed by atoms with Gasteiger partial charge < -0.3 is 10.7 Å². The number of rotatable bonds is 4. The van der Waals surface area contributed by atoms with Gasteiger partial charge in [0.25, 0.3) is 0 Å². The number of anilines is 2. The van der Waals surface area contributed by atoms with Gasteiger partial charge >= 0.3 is 12.4 Å². The van der Waals surface area contributed by atoms with Gasteiger partial charge in [0.05, 0.1) is 12.0 Å². The summed E-state index contributed by atoms with van der Waals surface area (Å²) >= 11 is 0. The molecular weight excluding hydrogens is 290 g/mol. The Balaban J connectivity index is 2.95. The molecule has 0 aliphatic heterocycles. The van der Waals surface area contributed by atoms with Crippen LogP contribution in [-0.2, 0) is 6.18 Å². The van der Waals surface area contributed by atoms with E-state index in [1.54, 1.807) is 0 Å². The first-order chi connectivity index (χ1) is 9.01. The van der Waals surface area contributed by atoms with Crippen LogP contribution in [0.1, 0.15) is 18.9 Å². The van der Waals surface area contributed by atoms with Crippen LogP contribution < -0.4 is 16.6 Å². The van der Waals surface area contributed by atoms with Gasteiger partial charge in [-0.05, 0) is 19.1 Å². The molecule has 0 amide bonds. The van der Waals surface area contributed by atoms with E-state index in [4.69, 9.17) is 5.84 Å². The third-order valence-corrected chi connectivity index (χ3v) is 2.23. The molecule has 1 rings (SSSR count). The van der Waals surface area contributed by atoms with Crippen LogP contribution in [0.15, 0.2) is 12.1 Å². The zero-order valence-corrected chi connectivity index (χ0v) is 10.2. The second kappa shape index (κ2) is 5.73. The zero-order chi connectivity index (χ0) is 15.6. The number of halogens is 6. The first-order valence-electron chi connectivity index (χ1n) is 5.40. The number of alkyl halides is 6. The van der Waals surface area contributed by atoms with Gasteiger partial charge in [0.2, 0.25) is 0 Å². The summed E-state index contributed by atoms with van der Waals surface area (Å²) in [6, 6.07) is 0.143. The number of nitrogens with one attached hydrogen (secondary N) is 2. The van der Waals surface area contributed by atoms with Crippen molar-refractivity contribution in [3.05, 3.63) is 17.7 Å². The molecule has 1 atom stereocenters. The van der Waals surface area contributed by atoms with Gasteiger partial charge in [0.15, 0.2) is 0 Å². The molecule has 0 fully saturated rings. The Morgan fingerprint density at radius 3 is 2.15 bits per heavy atom. The summed E-state index contributed by atoms with van der Waals surface area (Å²) in [4.78, 5) is 3.62. The van der Waals surface area contributed by atoms with Crippen LogP contribution in [0.25, 0.3) is 0 Å². The van der Waals surface area contributed by atoms with Gasteiger partial charge in [0.1, 0.15) is 11.6 Å². The Morgan fingerprint density at radius 1 is 1.15 bits per heavy atom. The predicted octanol–water partition coefficient (Wildman–Crippen LogP) is 3.14. The highest BCUT2D eigenvalue weighted by Crippen LogP contribution is 2.32. The first kappa shape index (κ1) is 16.3. The van der Waals surface area contributed by atoms with Gasteiger partial charge in [-0.25, -0.2) is 10.8 Å². The molecule has 1 aromatic heterocycles. The molecule has 0 saturated carbocycles. The highest BCUT2D eigenvalue weighted by atomic mass is 19.4. The molecule has 0 saturated heterocycles. The minimum Gasteiger partial charge on any atom is -0.367 e. The van der Waals surface area contributed by atoms with Crippen molar-refractivity contribution in [3.8, 4) is 0 Å². The van der Waals surface area contributed by atoms with E-state index >= 15 is 0 Å². The summed E-state index contributed by atoms with van der Waals surface area (Å²) in [7, 11) is 0. The highest BCUT2D eigenvalue weighted by Gasteiger charge is 2.33. The molecule has 0 aliphatic carbocycles. The van der Waals surface area contributed by atoms with E-state index in [1.807, 2.05) is 5.43 Å². The monoisotopic (exact) mass is 302 g/mol. The quantitative estimate of drug-likeness (QED) is 0.454. The molecule has 0 radical (unpaired) electrons. The topological polar surface area (TPSA) is 63.0 Å². The van der Waals surface area contributed by atoms with E-state index in [9.17, 15) is 26.3 Å². The van der Waals surface area contributed by atoms with Gasteiger partial charge in [-0.1, -0.05) is 0 Å². The Labute approximate surface area is 110 Å². The molecule has 20 heavy (non-hydrogen) atoms. The standard InChI is InChI=1S/C10H12F6N4/c1-5(4-9(11,12)13)18-7-2-6(10(14,15)16)3-8(19-7)20-17/h2-3,5H,4,17H2,1H3,(H2,18,19,20). The molecule has 0 spiro atoms. The van der Waals surface area contributed by atoms with Crippen LogP contribution in [0.3, 0.4) is 0 Å². The summed E-state index contributed by atoms with van der Waals surface area (Å²) < 4.78 is 74.2. The van der Waals surface area contributed by atoms with E-state index in [0.29, 0.717) is 12.1 Å². The van der Waals surface area contributed by atoms with Crippen molar-refractivity contribution >= 4 is 11.6 Å². The maximum absolute atomic E-state index is 12.6. The van der Waals surface area contributed by atoms with Gasteiger partial charge in [-0.2, -0.15) is 26.3 Å². The molecular formula is C10H12F6N4. The lowest BCUT2D eigenvalue weighted by molar-refractivity contribution is -0.138. The van der Waals surface area contributed by atoms with Crippen LogP contribution in [0.4, 0.5) is 38.0 Å². The number of hydrogen-bond donors (Lipinski definition) is 3. The summed E-state index contributed by atoms with van der Waals surface area (Å²) in [6.07, 6.45) is -10.3. The number of hydrogen-bond acceptors (Lipinski definition) is 4. The summed E-state index contributed by atoms with van der Waals surface area (Å²) in [5, 5.41) is 2.26. The Kier molecular flexibility index (Phi) is 4.69. The van der Waals surface area contributed by atoms with Gasteiger partial charge in [-0.15, -0.1) is 0 Å². The van der Waals surface area contributed by atoms with Crippen LogP contribution in [-0.4, -0.2) is 17.2 Å². The number of nitrogens with two attached hydrogens (primary N) is 1. The number of nitrogen functional groups attached to an aromatic ring is 1. The fourth-order valence-electron chi connectivity index (χ4n) is 1.49. The summed E-state index contributed by atoms with van der Waals surface area (Å²) in [5.41, 5.74) is 0.861. The minimum atomic E-state index is -4.65. The Bertz CT molecular complexity index is 456. The predicted molar refractivity (Wildman–Crippen MR) is 60.8 cm³/mol. The van der Waals surface area contributed by atoms with Crippen molar-refractivity contribution < 1.29 is 26.3 Å². The molecule has 1 aromatic rings. The maximum Gasteiger partial charge on any atom is 0.416 e. The van der Waals surface area contributed by atoms with E-state index in [2.05, 4.69) is 10.3 Å². The molecule has 4 nitrogen and oxygen atoms in total. The Morgan fingerprint density at radius 2 is 1.70 bits per heavy atom. The van der Waals surface area contributed by atoms with E-state index < -0.39 is 30.4 Å². The van der Waals surface area contributed by atoms with Crippen LogP contribution >= 0.6 is 0 Å². The molecule has 0 bridgehead atoms. The Hall–Kier alpha value is -1.71. The second-order valence-electron chi connectivity index (χ2n) is 4.13. The van der Waals surface area contributed by atoms with E-state index in [-0.39, 0.29) is 11.6 Å². The third-order valence-electron chi connectivity index (χ3n) is 2.23. The van der Waals surface area contributed by atoms with Crippen molar-refractivity contribution in [1.29, 1.82) is 0 Å². The van der Waals surface area contributed by atoms with Gasteiger partial charge in [0, 0.05) is 6.04 Å². The highest BCUT2D eigenvalue weighted by molar-refractivity contribution is 5.49. The molecule has 0 aromatic carbocycles. The smallest absolute Gasteiger partial charge is 0.367 e. The zero-order valence-electron chi connectivity index (χ0n) is 10.2. The van der Waals surface area contributed by atoms with Crippen molar-refractivity contribution in [2.75, 3.05) is 10.7 Å². The van der Waals surface area contributed by atoms with E-state index in [0.717, 1.165) is 0 Å². The molecule has 4 N–H and O–H groups in total. The number of nitrogens with zero attached hydrogens (tertiary/aromatic N) is 1. The SMILES string of the molecule is CC(CC(F)(F)F)Nc1cc(C(F)(F)F)cc(NN)n1. The molecule has 1 heterocycles. The van der Waals surface area contributed by atoms with Crippen molar-refractivity contribution in [1.82, 2.24) is 4.98 Å². The summed E-state index contributed by atoms with van der Waals surface area (Å²) in [6.45, 7) is 1.19. The number of aromatic nitrogens is 1. The lowest BCUT2D eigenvalue weighted by atomic mass is 10.2. The fourth-order valence-corrected chi connectivity index (χ4v) is 1.49. The van der Waals surface area contributed by atoms with Crippen LogP contribution in [0.2, 0.25) is 0 Å². The second-order valence-corrected chi connectivity index (χ2v) is 4.13. The average Bonchev–Trinajstić information content (AvgIpc) is 2.24. The van der Waals surface area contributed by atoms with Crippen LogP contribution in [0, 0.1) is 0 Å². The normalized spacial score (nSPS) is 14.0. The molecule has 1 unspecified atom stereocenters. The van der Waals surface area contributed by atoms with Crippen molar-refractivity contribution in [3.63, 3.8) is 0 Å². The van der Waals surface area contributed by atoms with Gasteiger partial charge in [-0.3, -0.25) is 0 Å². The minimum absolute atomic E-state index is 0.304. The lowest BCUT2D eigenvalue weighted by Crippen LogP contribution is -2.25. The number of hydrazine groups is 1. The third kappa shape index (κ3) is 5.11. The number of pyridine rings is 1. The largest absolute Gasteiger partial charge is 0.416 e. The van der Waals surface area contributed by atoms with Crippen molar-refractivity contribution in [2.24, 2.45) is 5.84 Å². The average molecular weight is 302 g/mol.